The Morgan fingerprint density at radius 1 is 1.33 bits per heavy atom. The van der Waals surface area contributed by atoms with E-state index in [1.54, 1.807) is 25.3 Å². The summed E-state index contributed by atoms with van der Waals surface area (Å²) >= 11 is 0. The Balaban J connectivity index is 0.00000288. The van der Waals surface area contributed by atoms with E-state index in [-0.39, 0.29) is 29.8 Å². The van der Waals surface area contributed by atoms with Crippen molar-refractivity contribution in [2.24, 2.45) is 4.99 Å². The second-order valence-electron chi connectivity index (χ2n) is 5.36. The molecule has 24 heavy (non-hydrogen) atoms. The topological polar surface area (TPSA) is 54.2 Å². The normalized spacial score (nSPS) is 11.0. The minimum Gasteiger partial charge on any atom is -0.357 e. The Labute approximate surface area is 159 Å². The van der Waals surface area contributed by atoms with E-state index in [1.165, 1.54) is 0 Å². The summed E-state index contributed by atoms with van der Waals surface area (Å²) in [7, 11) is 0. The fourth-order valence-electron chi connectivity index (χ4n) is 2.13. The van der Waals surface area contributed by atoms with Crippen LogP contribution >= 0.6 is 24.0 Å². The molecule has 0 aliphatic rings. The lowest BCUT2D eigenvalue weighted by Gasteiger charge is -2.11. The molecule has 0 aliphatic carbocycles. The van der Waals surface area contributed by atoms with Crippen molar-refractivity contribution in [1.29, 1.82) is 0 Å². The van der Waals surface area contributed by atoms with Gasteiger partial charge < -0.3 is 15.2 Å². The standard InChI is InChI=1S/C17H24FN5.HI/c1-3-20-17(21-7-4-9-23-10-8-19-13-23)22-12-15-6-5-14(2)16(18)11-15;/h5-6,8,10-11,13H,3-4,7,9,12H2,1-2H3,(H2,20,21,22);1H. The highest BCUT2D eigenvalue weighted by molar-refractivity contribution is 14.0. The molecule has 0 spiro atoms. The Kier molecular flexibility index (Phi) is 9.36. The monoisotopic (exact) mass is 445 g/mol. The van der Waals surface area contributed by atoms with Gasteiger partial charge in [-0.25, -0.2) is 14.4 Å². The van der Waals surface area contributed by atoms with Crippen LogP contribution in [0, 0.1) is 12.7 Å². The van der Waals surface area contributed by atoms with Crippen LogP contribution < -0.4 is 10.6 Å². The number of rotatable bonds is 7. The van der Waals surface area contributed by atoms with E-state index in [0.29, 0.717) is 12.1 Å². The average molecular weight is 445 g/mol. The number of imidazole rings is 1. The van der Waals surface area contributed by atoms with E-state index in [2.05, 4.69) is 20.6 Å². The van der Waals surface area contributed by atoms with E-state index in [9.17, 15) is 4.39 Å². The minimum atomic E-state index is -0.184. The molecule has 7 heteroatoms. The number of benzene rings is 1. The molecule has 0 bridgehead atoms. The number of aromatic nitrogens is 2. The van der Waals surface area contributed by atoms with Crippen molar-refractivity contribution >= 4 is 29.9 Å². The molecular weight excluding hydrogens is 420 g/mol. The molecule has 0 fully saturated rings. The van der Waals surface area contributed by atoms with Crippen molar-refractivity contribution in [1.82, 2.24) is 20.2 Å². The van der Waals surface area contributed by atoms with Crippen LogP contribution in [-0.4, -0.2) is 28.6 Å². The molecule has 0 aliphatic heterocycles. The quantitative estimate of drug-likeness (QED) is 0.298. The SMILES string of the molecule is CCNC(=NCc1ccc(C)c(F)c1)NCCCn1ccnc1.I. The third kappa shape index (κ3) is 6.86. The third-order valence-corrected chi connectivity index (χ3v) is 3.44. The number of aryl methyl sites for hydroxylation is 2. The average Bonchev–Trinajstić information content (AvgIpc) is 3.05. The molecule has 0 radical (unpaired) electrons. The predicted octanol–water partition coefficient (Wildman–Crippen LogP) is 3.09. The highest BCUT2D eigenvalue weighted by atomic mass is 127. The Bertz CT molecular complexity index is 628. The van der Waals surface area contributed by atoms with Crippen molar-refractivity contribution in [3.63, 3.8) is 0 Å². The Hall–Kier alpha value is -1.64. The van der Waals surface area contributed by atoms with Gasteiger partial charge in [0.15, 0.2) is 5.96 Å². The van der Waals surface area contributed by atoms with Gasteiger partial charge in [0.25, 0.3) is 0 Å². The first-order chi connectivity index (χ1) is 11.2. The summed E-state index contributed by atoms with van der Waals surface area (Å²) in [6.45, 7) is 6.74. The molecular formula is C17H25FIN5. The van der Waals surface area contributed by atoms with E-state index in [0.717, 1.165) is 37.6 Å². The van der Waals surface area contributed by atoms with Crippen LogP contribution in [0.25, 0.3) is 0 Å². The van der Waals surface area contributed by atoms with Crippen molar-refractivity contribution in [2.75, 3.05) is 13.1 Å². The molecule has 2 N–H and O–H groups in total. The van der Waals surface area contributed by atoms with Crippen molar-refractivity contribution in [3.8, 4) is 0 Å². The zero-order valence-corrected chi connectivity index (χ0v) is 16.5. The lowest BCUT2D eigenvalue weighted by Crippen LogP contribution is -2.38. The first-order valence-corrected chi connectivity index (χ1v) is 7.92. The number of nitrogens with one attached hydrogen (secondary N) is 2. The van der Waals surface area contributed by atoms with E-state index < -0.39 is 0 Å². The number of halogens is 2. The smallest absolute Gasteiger partial charge is 0.191 e. The second kappa shape index (κ2) is 11.0. The predicted molar refractivity (Wildman–Crippen MR) is 106 cm³/mol. The van der Waals surface area contributed by atoms with Gasteiger partial charge in [0.05, 0.1) is 12.9 Å². The van der Waals surface area contributed by atoms with E-state index in [4.69, 9.17) is 0 Å². The summed E-state index contributed by atoms with van der Waals surface area (Å²) in [5, 5.41) is 6.49. The molecule has 0 saturated heterocycles. The maximum Gasteiger partial charge on any atom is 0.191 e. The molecule has 1 heterocycles. The number of nitrogens with zero attached hydrogens (tertiary/aromatic N) is 3. The van der Waals surface area contributed by atoms with Gasteiger partial charge in [-0.3, -0.25) is 0 Å². The number of guanidine groups is 1. The fourth-order valence-corrected chi connectivity index (χ4v) is 2.13. The van der Waals surface area contributed by atoms with Crippen LogP contribution in [0.2, 0.25) is 0 Å². The largest absolute Gasteiger partial charge is 0.357 e. The lowest BCUT2D eigenvalue weighted by atomic mass is 10.1. The van der Waals surface area contributed by atoms with Crippen LogP contribution in [0.1, 0.15) is 24.5 Å². The van der Waals surface area contributed by atoms with Crippen molar-refractivity contribution in [2.45, 2.75) is 33.4 Å². The Morgan fingerprint density at radius 3 is 2.83 bits per heavy atom. The van der Waals surface area contributed by atoms with Crippen LogP contribution in [0.3, 0.4) is 0 Å². The summed E-state index contributed by atoms with van der Waals surface area (Å²) in [4.78, 5) is 8.52. The summed E-state index contributed by atoms with van der Waals surface area (Å²) < 4.78 is 15.6. The summed E-state index contributed by atoms with van der Waals surface area (Å²) in [5.74, 6) is 0.565. The van der Waals surface area contributed by atoms with Gasteiger partial charge in [-0.1, -0.05) is 12.1 Å². The van der Waals surface area contributed by atoms with Crippen molar-refractivity contribution < 1.29 is 4.39 Å². The van der Waals surface area contributed by atoms with Gasteiger partial charge in [-0.2, -0.15) is 0 Å². The zero-order valence-electron chi connectivity index (χ0n) is 14.1. The van der Waals surface area contributed by atoms with Gasteiger partial charge in [0.2, 0.25) is 0 Å². The number of aliphatic imine (C=N–C) groups is 1. The number of hydrogen-bond acceptors (Lipinski definition) is 2. The molecule has 1 aromatic heterocycles. The molecule has 132 valence electrons. The number of hydrogen-bond donors (Lipinski definition) is 2. The van der Waals surface area contributed by atoms with Gasteiger partial charge in [-0.15, -0.1) is 24.0 Å². The molecule has 1 aromatic carbocycles. The van der Waals surface area contributed by atoms with E-state index >= 15 is 0 Å². The van der Waals surface area contributed by atoms with Gasteiger partial charge in [-0.05, 0) is 37.5 Å². The van der Waals surface area contributed by atoms with Crippen LogP contribution in [0.5, 0.6) is 0 Å². The van der Waals surface area contributed by atoms with E-state index in [1.807, 2.05) is 30.1 Å². The van der Waals surface area contributed by atoms with Crippen molar-refractivity contribution in [3.05, 3.63) is 53.9 Å². The van der Waals surface area contributed by atoms with Gasteiger partial charge in [0, 0.05) is 32.0 Å². The minimum absolute atomic E-state index is 0. The first kappa shape index (κ1) is 20.4. The van der Waals surface area contributed by atoms with Crippen LogP contribution in [0.4, 0.5) is 4.39 Å². The molecule has 2 rings (SSSR count). The highest BCUT2D eigenvalue weighted by Gasteiger charge is 2.01. The summed E-state index contributed by atoms with van der Waals surface area (Å²) in [5.41, 5.74) is 1.52. The van der Waals surface area contributed by atoms with Crippen LogP contribution in [-0.2, 0) is 13.1 Å². The maximum absolute atomic E-state index is 13.5. The molecule has 2 aromatic rings. The molecule has 0 atom stereocenters. The fraction of sp³-hybridized carbons (Fsp3) is 0.412. The second-order valence-corrected chi connectivity index (χ2v) is 5.36. The van der Waals surface area contributed by atoms with Gasteiger partial charge in [0.1, 0.15) is 5.82 Å². The summed E-state index contributed by atoms with van der Waals surface area (Å²) in [6, 6.07) is 5.23. The first-order valence-electron chi connectivity index (χ1n) is 7.92. The van der Waals surface area contributed by atoms with Gasteiger partial charge >= 0.3 is 0 Å². The molecule has 0 amide bonds. The molecule has 0 saturated carbocycles. The lowest BCUT2D eigenvalue weighted by molar-refractivity contribution is 0.615. The van der Waals surface area contributed by atoms with Crippen LogP contribution in [0.15, 0.2) is 41.9 Å². The maximum atomic E-state index is 13.5. The highest BCUT2D eigenvalue weighted by Crippen LogP contribution is 2.09. The Morgan fingerprint density at radius 2 is 2.17 bits per heavy atom. The zero-order chi connectivity index (χ0) is 16.5. The molecule has 0 unspecified atom stereocenters. The molecule has 5 nitrogen and oxygen atoms in total. The third-order valence-electron chi connectivity index (χ3n) is 3.44. The summed E-state index contributed by atoms with van der Waals surface area (Å²) in [6.07, 6.45) is 6.51.